The molecule has 2 aromatic carbocycles. The Hall–Kier alpha value is -3.08. The molecule has 0 aliphatic rings. The Balaban J connectivity index is 1.91. The molecule has 1 atom stereocenters. The molecule has 0 spiro atoms. The van der Waals surface area contributed by atoms with E-state index in [0.717, 1.165) is 11.1 Å². The van der Waals surface area contributed by atoms with Crippen molar-refractivity contribution in [2.24, 2.45) is 0 Å². The highest BCUT2D eigenvalue weighted by molar-refractivity contribution is 5.90. The lowest BCUT2D eigenvalue weighted by atomic mass is 10.2. The lowest BCUT2D eigenvalue weighted by Crippen LogP contribution is -2.36. The summed E-state index contributed by atoms with van der Waals surface area (Å²) in [7, 11) is 1.69. The molecule has 142 valence electrons. The lowest BCUT2D eigenvalue weighted by molar-refractivity contribution is -0.154. The van der Waals surface area contributed by atoms with Crippen molar-refractivity contribution in [1.29, 1.82) is 0 Å². The van der Waals surface area contributed by atoms with Crippen molar-refractivity contribution in [1.82, 2.24) is 4.90 Å². The number of hydrogen-bond acceptors (Lipinski definition) is 4. The smallest absolute Gasteiger partial charge is 0.331 e. The van der Waals surface area contributed by atoms with Crippen LogP contribution in [0.4, 0.5) is 0 Å². The first kappa shape index (κ1) is 20.2. The van der Waals surface area contributed by atoms with Gasteiger partial charge in [0.05, 0.1) is 6.61 Å². The molecule has 0 saturated carbocycles. The monoisotopic (exact) mass is 367 g/mol. The minimum Gasteiger partial charge on any atom is -0.493 e. The Kier molecular flexibility index (Phi) is 7.62. The van der Waals surface area contributed by atoms with Crippen molar-refractivity contribution in [2.75, 3.05) is 13.7 Å². The molecule has 0 N–H and O–H groups in total. The van der Waals surface area contributed by atoms with Crippen LogP contribution in [0.25, 0.3) is 6.08 Å². The second kappa shape index (κ2) is 10.2. The van der Waals surface area contributed by atoms with Gasteiger partial charge in [-0.05, 0) is 31.6 Å². The van der Waals surface area contributed by atoms with Crippen LogP contribution in [0, 0.1) is 0 Å². The van der Waals surface area contributed by atoms with E-state index in [1.807, 2.05) is 61.5 Å². The van der Waals surface area contributed by atoms with Crippen molar-refractivity contribution in [3.8, 4) is 5.75 Å². The molecule has 27 heavy (non-hydrogen) atoms. The van der Waals surface area contributed by atoms with Crippen LogP contribution in [0.15, 0.2) is 60.7 Å². The number of amides is 1. The largest absolute Gasteiger partial charge is 0.493 e. The van der Waals surface area contributed by atoms with Crippen molar-refractivity contribution in [2.45, 2.75) is 26.5 Å². The van der Waals surface area contributed by atoms with E-state index < -0.39 is 12.1 Å². The van der Waals surface area contributed by atoms with Gasteiger partial charge in [-0.15, -0.1) is 0 Å². The number of ether oxygens (including phenoxy) is 2. The number of hydrogen-bond donors (Lipinski definition) is 0. The molecule has 5 heteroatoms. The molecular formula is C22H25NO4. The SMILES string of the molecule is CCOc1ccccc1/C=C/C(=O)O[C@@H](C)C(=O)N(C)Cc1ccccc1. The summed E-state index contributed by atoms with van der Waals surface area (Å²) in [5.41, 5.74) is 1.79. The zero-order valence-corrected chi connectivity index (χ0v) is 15.9. The van der Waals surface area contributed by atoms with E-state index >= 15 is 0 Å². The molecule has 0 saturated heterocycles. The first-order valence-corrected chi connectivity index (χ1v) is 8.90. The predicted octanol–water partition coefficient (Wildman–Crippen LogP) is 3.69. The fourth-order valence-electron chi connectivity index (χ4n) is 2.57. The summed E-state index contributed by atoms with van der Waals surface area (Å²) in [5, 5.41) is 0. The first-order chi connectivity index (χ1) is 13.0. The van der Waals surface area contributed by atoms with Crippen molar-refractivity contribution in [3.05, 3.63) is 71.8 Å². The maximum absolute atomic E-state index is 12.4. The van der Waals surface area contributed by atoms with Crippen molar-refractivity contribution < 1.29 is 19.1 Å². The van der Waals surface area contributed by atoms with Gasteiger partial charge < -0.3 is 14.4 Å². The number of likely N-dealkylation sites (N-methyl/N-ethyl adjacent to an activating group) is 1. The Morgan fingerprint density at radius 3 is 2.44 bits per heavy atom. The maximum Gasteiger partial charge on any atom is 0.331 e. The Bertz CT molecular complexity index is 786. The van der Waals surface area contributed by atoms with E-state index in [1.165, 1.54) is 6.08 Å². The second-order valence-electron chi connectivity index (χ2n) is 6.06. The first-order valence-electron chi connectivity index (χ1n) is 8.90. The molecule has 2 aromatic rings. The van der Waals surface area contributed by atoms with Gasteiger partial charge in [0.2, 0.25) is 0 Å². The molecule has 0 fully saturated rings. The highest BCUT2D eigenvalue weighted by Crippen LogP contribution is 2.19. The van der Waals surface area contributed by atoms with Crippen LogP contribution in [-0.4, -0.2) is 36.5 Å². The molecule has 0 aliphatic heterocycles. The third kappa shape index (κ3) is 6.29. The van der Waals surface area contributed by atoms with E-state index in [-0.39, 0.29) is 5.91 Å². The van der Waals surface area contributed by atoms with Gasteiger partial charge in [-0.25, -0.2) is 4.79 Å². The van der Waals surface area contributed by atoms with Crippen LogP contribution in [-0.2, 0) is 20.9 Å². The highest BCUT2D eigenvalue weighted by Gasteiger charge is 2.20. The number of para-hydroxylation sites is 1. The summed E-state index contributed by atoms with van der Waals surface area (Å²) in [6, 6.07) is 17.0. The zero-order chi connectivity index (χ0) is 19.6. The van der Waals surface area contributed by atoms with Crippen LogP contribution < -0.4 is 4.74 Å². The Labute approximate surface area is 160 Å². The highest BCUT2D eigenvalue weighted by atomic mass is 16.5. The molecule has 0 unspecified atom stereocenters. The van der Waals surface area contributed by atoms with Gasteiger partial charge in [-0.1, -0.05) is 48.5 Å². The summed E-state index contributed by atoms with van der Waals surface area (Å²) in [6.45, 7) is 4.46. The number of carbonyl (C=O) groups is 2. The summed E-state index contributed by atoms with van der Waals surface area (Å²) >= 11 is 0. The van der Waals surface area contributed by atoms with E-state index in [2.05, 4.69) is 0 Å². The topological polar surface area (TPSA) is 55.8 Å². The molecular weight excluding hydrogens is 342 g/mol. The van der Waals surface area contributed by atoms with Crippen molar-refractivity contribution >= 4 is 18.0 Å². The molecule has 0 aromatic heterocycles. The summed E-state index contributed by atoms with van der Waals surface area (Å²) in [6.07, 6.45) is 2.06. The Morgan fingerprint density at radius 2 is 1.74 bits per heavy atom. The summed E-state index contributed by atoms with van der Waals surface area (Å²) in [4.78, 5) is 26.0. The van der Waals surface area contributed by atoms with Crippen molar-refractivity contribution in [3.63, 3.8) is 0 Å². The minimum atomic E-state index is -0.863. The minimum absolute atomic E-state index is 0.254. The van der Waals surface area contributed by atoms with Crippen LogP contribution in [0.3, 0.4) is 0 Å². The lowest BCUT2D eigenvalue weighted by Gasteiger charge is -2.21. The third-order valence-electron chi connectivity index (χ3n) is 3.90. The Morgan fingerprint density at radius 1 is 1.07 bits per heavy atom. The van der Waals surface area contributed by atoms with Gasteiger partial charge in [-0.2, -0.15) is 0 Å². The number of rotatable bonds is 8. The molecule has 1 amide bonds. The van der Waals surface area contributed by atoms with E-state index in [1.54, 1.807) is 24.9 Å². The molecule has 0 bridgehead atoms. The molecule has 5 nitrogen and oxygen atoms in total. The average Bonchev–Trinajstić information content (AvgIpc) is 2.67. The fourth-order valence-corrected chi connectivity index (χ4v) is 2.57. The van der Waals surface area contributed by atoms with Gasteiger partial charge >= 0.3 is 5.97 Å². The van der Waals surface area contributed by atoms with Crippen LogP contribution in [0.5, 0.6) is 5.75 Å². The van der Waals surface area contributed by atoms with E-state index in [9.17, 15) is 9.59 Å². The molecule has 0 aliphatic carbocycles. The molecule has 0 radical (unpaired) electrons. The number of carbonyl (C=O) groups excluding carboxylic acids is 2. The number of esters is 1. The third-order valence-corrected chi connectivity index (χ3v) is 3.90. The van der Waals surface area contributed by atoms with Crippen LogP contribution in [0.1, 0.15) is 25.0 Å². The van der Waals surface area contributed by atoms with Gasteiger partial charge in [0.15, 0.2) is 6.10 Å². The van der Waals surface area contributed by atoms with Gasteiger partial charge in [0.25, 0.3) is 5.91 Å². The fraction of sp³-hybridized carbons (Fsp3) is 0.273. The average molecular weight is 367 g/mol. The second-order valence-corrected chi connectivity index (χ2v) is 6.06. The maximum atomic E-state index is 12.4. The predicted molar refractivity (Wildman–Crippen MR) is 105 cm³/mol. The molecule has 0 heterocycles. The van der Waals surface area contributed by atoms with E-state index in [4.69, 9.17) is 9.47 Å². The van der Waals surface area contributed by atoms with E-state index in [0.29, 0.717) is 18.9 Å². The number of benzene rings is 2. The van der Waals surface area contributed by atoms with Gasteiger partial charge in [0, 0.05) is 25.2 Å². The zero-order valence-electron chi connectivity index (χ0n) is 15.9. The normalized spacial score (nSPS) is 11.8. The summed E-state index contributed by atoms with van der Waals surface area (Å²) < 4.78 is 10.7. The number of nitrogens with zero attached hydrogens (tertiary/aromatic N) is 1. The van der Waals surface area contributed by atoms with Gasteiger partial charge in [-0.3, -0.25) is 4.79 Å². The standard InChI is InChI=1S/C22H25NO4/c1-4-26-20-13-9-8-12-19(20)14-15-21(24)27-17(2)22(25)23(3)16-18-10-6-5-7-11-18/h5-15,17H,4,16H2,1-3H3/b15-14+/t17-/m0/s1. The van der Waals surface area contributed by atoms with Crippen LogP contribution in [0.2, 0.25) is 0 Å². The summed E-state index contributed by atoms with van der Waals surface area (Å²) in [5.74, 6) is -0.138. The molecule has 2 rings (SSSR count). The van der Waals surface area contributed by atoms with Gasteiger partial charge in [0.1, 0.15) is 5.75 Å². The quantitative estimate of drug-likeness (QED) is 0.527. The van der Waals surface area contributed by atoms with Crippen LogP contribution >= 0.6 is 0 Å².